The van der Waals surface area contributed by atoms with E-state index in [1.165, 1.54) is 0 Å². The zero-order valence-corrected chi connectivity index (χ0v) is 18.7. The molecule has 4 rings (SSSR count). The van der Waals surface area contributed by atoms with Crippen LogP contribution in [0.5, 0.6) is 0 Å². The first kappa shape index (κ1) is 21.9. The van der Waals surface area contributed by atoms with Gasteiger partial charge in [-0.25, -0.2) is 4.68 Å². The Balaban J connectivity index is 1.42. The van der Waals surface area contributed by atoms with E-state index in [0.29, 0.717) is 16.9 Å². The van der Waals surface area contributed by atoms with Gasteiger partial charge >= 0.3 is 5.97 Å². The van der Waals surface area contributed by atoms with Crippen molar-refractivity contribution in [2.24, 2.45) is 0 Å². The Labute approximate surface area is 191 Å². The maximum atomic E-state index is 12.5. The van der Waals surface area contributed by atoms with Gasteiger partial charge in [0, 0.05) is 22.2 Å². The third-order valence-corrected chi connectivity index (χ3v) is 5.54. The summed E-state index contributed by atoms with van der Waals surface area (Å²) in [4.78, 5) is 28.2. The Morgan fingerprint density at radius 1 is 1.12 bits per heavy atom. The Kier molecular flexibility index (Phi) is 6.01. The third kappa shape index (κ3) is 4.37. The largest absolute Gasteiger partial charge is 0.455 e. The van der Waals surface area contributed by atoms with Gasteiger partial charge in [-0.3, -0.25) is 9.59 Å². The molecule has 0 radical (unpaired) electrons. The van der Waals surface area contributed by atoms with Crippen molar-refractivity contribution in [2.45, 2.75) is 27.2 Å². The molecule has 0 saturated carbocycles. The number of amides is 1. The summed E-state index contributed by atoms with van der Waals surface area (Å²) in [7, 11) is 0. The Morgan fingerprint density at radius 3 is 2.61 bits per heavy atom. The summed E-state index contributed by atoms with van der Waals surface area (Å²) in [5, 5.41) is 8.15. The van der Waals surface area contributed by atoms with E-state index in [-0.39, 0.29) is 6.42 Å². The number of fused-ring (bicyclic) bond motifs is 1. The first-order valence-electron chi connectivity index (χ1n) is 10.5. The summed E-state index contributed by atoms with van der Waals surface area (Å²) >= 11 is 0. The number of anilines is 1. The molecule has 166 valence electrons. The van der Waals surface area contributed by atoms with E-state index < -0.39 is 18.5 Å². The van der Waals surface area contributed by atoms with Crippen molar-refractivity contribution in [3.05, 3.63) is 76.7 Å². The summed E-state index contributed by atoms with van der Waals surface area (Å²) in [6.45, 7) is 5.18. The standard InChI is InChI=1S/C26H24N4O3/c1-5-19-10-9-13-22-25(19)21(16(2)27-22)14-24(32)33-15-23(31)28-26-17(3)29-30(18(26)4)20-11-7-6-8-12-20/h1,6-13,27H,14-15H2,2-4H3,(H,28,31). The maximum Gasteiger partial charge on any atom is 0.310 e. The van der Waals surface area contributed by atoms with Gasteiger partial charge in [0.2, 0.25) is 0 Å². The number of aromatic nitrogens is 3. The van der Waals surface area contributed by atoms with Crippen LogP contribution in [0.25, 0.3) is 16.6 Å². The Hall–Kier alpha value is -4.31. The van der Waals surface area contributed by atoms with Crippen molar-refractivity contribution in [3.63, 3.8) is 0 Å². The number of H-pyrrole nitrogens is 1. The molecule has 0 unspecified atom stereocenters. The number of para-hydroxylation sites is 1. The van der Waals surface area contributed by atoms with E-state index in [1.807, 2.05) is 69.3 Å². The number of aryl methyl sites for hydroxylation is 2. The second-order valence-corrected chi connectivity index (χ2v) is 7.78. The zero-order chi connectivity index (χ0) is 23.5. The number of nitrogens with zero attached hydrogens (tertiary/aromatic N) is 2. The minimum atomic E-state index is -0.505. The Bertz CT molecular complexity index is 1390. The molecule has 2 N–H and O–H groups in total. The highest BCUT2D eigenvalue weighted by Crippen LogP contribution is 2.26. The van der Waals surface area contributed by atoms with Crippen LogP contribution in [0.15, 0.2) is 48.5 Å². The lowest BCUT2D eigenvalue weighted by Crippen LogP contribution is -2.22. The molecular weight excluding hydrogens is 416 g/mol. The molecule has 4 aromatic rings. The molecule has 7 heteroatoms. The molecule has 1 amide bonds. The molecule has 33 heavy (non-hydrogen) atoms. The minimum Gasteiger partial charge on any atom is -0.455 e. The second-order valence-electron chi connectivity index (χ2n) is 7.78. The van der Waals surface area contributed by atoms with Gasteiger partial charge in [-0.15, -0.1) is 6.42 Å². The molecule has 0 atom stereocenters. The monoisotopic (exact) mass is 440 g/mol. The summed E-state index contributed by atoms with van der Waals surface area (Å²) in [5.74, 6) is 1.72. The number of hydrogen-bond donors (Lipinski definition) is 2. The molecule has 0 spiro atoms. The van der Waals surface area contributed by atoms with E-state index in [4.69, 9.17) is 11.2 Å². The zero-order valence-electron chi connectivity index (χ0n) is 18.7. The molecule has 0 saturated heterocycles. The third-order valence-electron chi connectivity index (χ3n) is 5.54. The van der Waals surface area contributed by atoms with Gasteiger partial charge in [-0.1, -0.05) is 30.2 Å². The Morgan fingerprint density at radius 2 is 1.88 bits per heavy atom. The van der Waals surface area contributed by atoms with Crippen LogP contribution >= 0.6 is 0 Å². The first-order chi connectivity index (χ1) is 15.9. The van der Waals surface area contributed by atoms with Crippen LogP contribution in [0.4, 0.5) is 5.69 Å². The average molecular weight is 441 g/mol. The van der Waals surface area contributed by atoms with Crippen LogP contribution in [-0.4, -0.2) is 33.2 Å². The highest BCUT2D eigenvalue weighted by atomic mass is 16.5. The van der Waals surface area contributed by atoms with E-state index in [0.717, 1.165) is 33.5 Å². The number of nitrogens with one attached hydrogen (secondary N) is 2. The number of terminal acetylenes is 1. The lowest BCUT2D eigenvalue weighted by atomic mass is 10.0. The lowest BCUT2D eigenvalue weighted by Gasteiger charge is -2.08. The van der Waals surface area contributed by atoms with Gasteiger partial charge < -0.3 is 15.0 Å². The fourth-order valence-electron chi connectivity index (χ4n) is 3.95. The average Bonchev–Trinajstić information content (AvgIpc) is 3.28. The van der Waals surface area contributed by atoms with E-state index in [9.17, 15) is 9.59 Å². The van der Waals surface area contributed by atoms with Crippen molar-refractivity contribution >= 4 is 28.5 Å². The maximum absolute atomic E-state index is 12.5. The van der Waals surface area contributed by atoms with Gasteiger partial charge in [0.1, 0.15) is 0 Å². The highest BCUT2D eigenvalue weighted by molar-refractivity contribution is 5.95. The van der Waals surface area contributed by atoms with E-state index in [2.05, 4.69) is 21.3 Å². The molecule has 0 bridgehead atoms. The molecule has 2 aromatic heterocycles. The van der Waals surface area contributed by atoms with Crippen molar-refractivity contribution in [3.8, 4) is 18.0 Å². The summed E-state index contributed by atoms with van der Waals surface area (Å²) < 4.78 is 7.02. The normalized spacial score (nSPS) is 10.7. The summed E-state index contributed by atoms with van der Waals surface area (Å²) in [6.07, 6.45) is 5.64. The first-order valence-corrected chi connectivity index (χ1v) is 10.5. The van der Waals surface area contributed by atoms with Gasteiger partial charge in [-0.2, -0.15) is 5.10 Å². The van der Waals surface area contributed by atoms with Gasteiger partial charge in [0.15, 0.2) is 6.61 Å². The molecule has 2 aromatic carbocycles. The SMILES string of the molecule is C#Cc1cccc2[nH]c(C)c(CC(=O)OCC(=O)Nc3c(C)nn(-c4ccccc4)c3C)c12. The number of esters is 1. The molecule has 0 aliphatic rings. The number of hydrogen-bond acceptors (Lipinski definition) is 4. The van der Waals surface area contributed by atoms with Crippen LogP contribution in [-0.2, 0) is 20.7 Å². The summed E-state index contributed by atoms with van der Waals surface area (Å²) in [6, 6.07) is 15.2. The van der Waals surface area contributed by atoms with Crippen LogP contribution in [0.1, 0.15) is 28.2 Å². The topological polar surface area (TPSA) is 89.0 Å². The summed E-state index contributed by atoms with van der Waals surface area (Å²) in [5.41, 5.74) is 6.15. The van der Waals surface area contributed by atoms with Crippen molar-refractivity contribution in [2.75, 3.05) is 11.9 Å². The molecular formula is C26H24N4O3. The van der Waals surface area contributed by atoms with Crippen LogP contribution in [0.3, 0.4) is 0 Å². The van der Waals surface area contributed by atoms with Crippen LogP contribution in [0, 0.1) is 33.1 Å². The fourth-order valence-corrected chi connectivity index (χ4v) is 3.95. The molecule has 0 aliphatic carbocycles. The molecule has 0 aliphatic heterocycles. The van der Waals surface area contributed by atoms with Crippen molar-refractivity contribution in [1.82, 2.24) is 14.8 Å². The van der Waals surface area contributed by atoms with Gasteiger partial charge in [0.05, 0.1) is 29.2 Å². The fraction of sp³-hybridized carbons (Fsp3) is 0.192. The minimum absolute atomic E-state index is 0.0157. The number of carbonyl (C=O) groups is 2. The number of aromatic amines is 1. The van der Waals surface area contributed by atoms with Crippen molar-refractivity contribution < 1.29 is 14.3 Å². The quantitative estimate of drug-likeness (QED) is 0.351. The lowest BCUT2D eigenvalue weighted by molar-refractivity contribution is -0.146. The predicted molar refractivity (Wildman–Crippen MR) is 127 cm³/mol. The number of carbonyl (C=O) groups excluding carboxylic acids is 2. The van der Waals surface area contributed by atoms with E-state index in [1.54, 1.807) is 4.68 Å². The van der Waals surface area contributed by atoms with E-state index >= 15 is 0 Å². The second kappa shape index (κ2) is 9.05. The highest BCUT2D eigenvalue weighted by Gasteiger charge is 2.18. The molecule has 7 nitrogen and oxygen atoms in total. The smallest absolute Gasteiger partial charge is 0.310 e. The van der Waals surface area contributed by atoms with Crippen LogP contribution in [0.2, 0.25) is 0 Å². The van der Waals surface area contributed by atoms with Crippen molar-refractivity contribution in [1.29, 1.82) is 0 Å². The van der Waals surface area contributed by atoms with Crippen LogP contribution < -0.4 is 5.32 Å². The predicted octanol–water partition coefficient (Wildman–Crippen LogP) is 3.98. The van der Waals surface area contributed by atoms with Gasteiger partial charge in [0.25, 0.3) is 5.91 Å². The molecule has 2 heterocycles. The number of benzene rings is 2. The number of ether oxygens (including phenoxy) is 1. The number of rotatable bonds is 6. The van der Waals surface area contributed by atoms with Gasteiger partial charge in [-0.05, 0) is 50.6 Å². The molecule has 0 fully saturated rings.